The van der Waals surface area contributed by atoms with Gasteiger partial charge in [-0.15, -0.1) is 0 Å². The van der Waals surface area contributed by atoms with Gasteiger partial charge in [-0.25, -0.2) is 0 Å². The van der Waals surface area contributed by atoms with Crippen molar-refractivity contribution in [1.29, 1.82) is 5.26 Å². The monoisotopic (exact) mass is 346 g/mol. The van der Waals surface area contributed by atoms with Gasteiger partial charge in [0.25, 0.3) is 0 Å². The highest BCUT2D eigenvalue weighted by Gasteiger charge is 2.18. The molecule has 0 saturated heterocycles. The van der Waals surface area contributed by atoms with Crippen molar-refractivity contribution in [1.82, 2.24) is 4.98 Å². The summed E-state index contributed by atoms with van der Waals surface area (Å²) in [6, 6.07) is 13.0. The second kappa shape index (κ2) is 7.16. The third-order valence-corrected chi connectivity index (χ3v) is 4.21. The molecule has 5 nitrogen and oxygen atoms in total. The average Bonchev–Trinajstić information content (AvgIpc) is 3.10. The molecule has 0 atom stereocenters. The number of hydrogen-bond donors (Lipinski definition) is 1. The summed E-state index contributed by atoms with van der Waals surface area (Å²) in [6.07, 6.45) is 3.20. The van der Waals surface area contributed by atoms with Gasteiger partial charge in [-0.2, -0.15) is 5.26 Å². The number of nitrogens with zero attached hydrogens (tertiary/aromatic N) is 1. The molecule has 26 heavy (non-hydrogen) atoms. The fourth-order valence-corrected chi connectivity index (χ4v) is 2.92. The molecule has 1 N–H and O–H groups in total. The fraction of sp³-hybridized carbons (Fsp3) is 0.143. The molecule has 0 aliphatic rings. The van der Waals surface area contributed by atoms with Gasteiger partial charge in [-0.3, -0.25) is 4.79 Å². The van der Waals surface area contributed by atoms with Crippen LogP contribution in [-0.2, 0) is 0 Å². The second-order valence-electron chi connectivity index (χ2n) is 5.84. The standard InChI is InChI=1S/C21H18N2O3/c1-13-5-4-6-19-20(13)18(12-23-19)21(24)15(11-22)7-14-8-16(25-2)10-17(9-14)26-3/h4-10,12,23H,1-3H3/b15-7-. The molecule has 0 unspecified atom stereocenters. The number of allylic oxidation sites excluding steroid dienone is 1. The van der Waals surface area contributed by atoms with E-state index in [0.29, 0.717) is 22.6 Å². The van der Waals surface area contributed by atoms with E-state index in [2.05, 4.69) is 4.98 Å². The van der Waals surface area contributed by atoms with Crippen molar-refractivity contribution in [2.24, 2.45) is 0 Å². The number of rotatable bonds is 5. The zero-order chi connectivity index (χ0) is 18.7. The predicted molar refractivity (Wildman–Crippen MR) is 101 cm³/mol. The van der Waals surface area contributed by atoms with Crippen molar-refractivity contribution in [2.45, 2.75) is 6.92 Å². The highest BCUT2D eigenvalue weighted by Crippen LogP contribution is 2.27. The lowest BCUT2D eigenvalue weighted by atomic mass is 9.99. The van der Waals surface area contributed by atoms with Gasteiger partial charge in [0.2, 0.25) is 5.78 Å². The molecule has 130 valence electrons. The van der Waals surface area contributed by atoms with Crippen molar-refractivity contribution >= 4 is 22.8 Å². The molecular formula is C21H18N2O3. The molecule has 0 aliphatic heterocycles. The van der Waals surface area contributed by atoms with Gasteiger partial charge in [0.05, 0.1) is 14.2 Å². The highest BCUT2D eigenvalue weighted by atomic mass is 16.5. The lowest BCUT2D eigenvalue weighted by Gasteiger charge is -2.06. The number of ketones is 1. The molecule has 1 aromatic heterocycles. The topological polar surface area (TPSA) is 75.1 Å². The summed E-state index contributed by atoms with van der Waals surface area (Å²) in [5.74, 6) is 0.849. The van der Waals surface area contributed by atoms with Crippen molar-refractivity contribution < 1.29 is 14.3 Å². The molecular weight excluding hydrogens is 328 g/mol. The molecule has 3 rings (SSSR count). The number of aryl methyl sites for hydroxylation is 1. The summed E-state index contributed by atoms with van der Waals surface area (Å²) in [7, 11) is 3.10. The van der Waals surface area contributed by atoms with Crippen molar-refractivity contribution in [2.75, 3.05) is 14.2 Å². The maximum Gasteiger partial charge on any atom is 0.205 e. The number of carbonyl (C=O) groups excluding carboxylic acids is 1. The number of methoxy groups -OCH3 is 2. The van der Waals surface area contributed by atoms with E-state index in [-0.39, 0.29) is 11.4 Å². The molecule has 0 aliphatic carbocycles. The summed E-state index contributed by atoms with van der Waals surface area (Å²) >= 11 is 0. The van der Waals surface area contributed by atoms with E-state index in [0.717, 1.165) is 16.5 Å². The summed E-state index contributed by atoms with van der Waals surface area (Å²) in [6.45, 7) is 1.94. The van der Waals surface area contributed by atoms with E-state index in [4.69, 9.17) is 9.47 Å². The minimum Gasteiger partial charge on any atom is -0.497 e. The summed E-state index contributed by atoms with van der Waals surface area (Å²) < 4.78 is 10.5. The number of nitriles is 1. The van der Waals surface area contributed by atoms with Crippen LogP contribution in [0.5, 0.6) is 11.5 Å². The number of Topliss-reactive ketones (excluding diaryl/α,β-unsaturated/α-hetero) is 1. The Morgan fingerprint density at radius 1 is 1.15 bits per heavy atom. The maximum atomic E-state index is 12.9. The van der Waals surface area contributed by atoms with Crippen LogP contribution in [0, 0.1) is 18.3 Å². The third kappa shape index (κ3) is 3.17. The van der Waals surface area contributed by atoms with Crippen LogP contribution < -0.4 is 9.47 Å². The summed E-state index contributed by atoms with van der Waals surface area (Å²) in [4.78, 5) is 16.0. The molecule has 0 amide bonds. The zero-order valence-electron chi connectivity index (χ0n) is 14.8. The molecule has 0 fully saturated rings. The van der Waals surface area contributed by atoms with E-state index in [1.54, 1.807) is 44.7 Å². The number of benzene rings is 2. The number of hydrogen-bond acceptors (Lipinski definition) is 4. The van der Waals surface area contributed by atoms with Gasteiger partial charge in [-0.05, 0) is 42.3 Å². The van der Waals surface area contributed by atoms with Crippen LogP contribution in [0.3, 0.4) is 0 Å². The molecule has 0 saturated carbocycles. The van der Waals surface area contributed by atoms with Crippen LogP contribution in [0.1, 0.15) is 21.5 Å². The third-order valence-electron chi connectivity index (χ3n) is 4.21. The predicted octanol–water partition coefficient (Wildman–Crippen LogP) is 4.28. The Morgan fingerprint density at radius 3 is 2.46 bits per heavy atom. The van der Waals surface area contributed by atoms with E-state index in [9.17, 15) is 10.1 Å². The molecule has 0 radical (unpaired) electrons. The number of ether oxygens (including phenoxy) is 2. The normalized spacial score (nSPS) is 11.2. The van der Waals surface area contributed by atoms with Crippen molar-refractivity contribution in [3.05, 3.63) is 64.9 Å². The first-order valence-electron chi connectivity index (χ1n) is 8.03. The Bertz CT molecular complexity index is 1030. The summed E-state index contributed by atoms with van der Waals surface area (Å²) in [5, 5.41) is 10.4. The first-order chi connectivity index (χ1) is 12.6. The minimum atomic E-state index is -0.324. The first kappa shape index (κ1) is 17.3. The zero-order valence-corrected chi connectivity index (χ0v) is 14.8. The number of aromatic nitrogens is 1. The molecule has 0 spiro atoms. The fourth-order valence-electron chi connectivity index (χ4n) is 2.92. The van der Waals surface area contributed by atoms with Gasteiger partial charge in [-0.1, -0.05) is 12.1 Å². The van der Waals surface area contributed by atoms with E-state index < -0.39 is 0 Å². The Hall–Kier alpha value is -3.52. The number of fused-ring (bicyclic) bond motifs is 1. The first-order valence-corrected chi connectivity index (χ1v) is 8.03. The van der Waals surface area contributed by atoms with E-state index in [1.165, 1.54) is 0 Å². The van der Waals surface area contributed by atoms with E-state index >= 15 is 0 Å². The van der Waals surface area contributed by atoms with Crippen molar-refractivity contribution in [3.8, 4) is 17.6 Å². The average molecular weight is 346 g/mol. The Labute approximate surface area is 151 Å². The number of nitrogens with one attached hydrogen (secondary N) is 1. The van der Waals surface area contributed by atoms with Gasteiger partial charge >= 0.3 is 0 Å². The molecule has 5 heteroatoms. The molecule has 0 bridgehead atoms. The van der Waals surface area contributed by atoms with Crippen molar-refractivity contribution in [3.63, 3.8) is 0 Å². The van der Waals surface area contributed by atoms with E-state index in [1.807, 2.05) is 31.2 Å². The lowest BCUT2D eigenvalue weighted by Crippen LogP contribution is -2.01. The smallest absolute Gasteiger partial charge is 0.205 e. The van der Waals surface area contributed by atoms with Crippen LogP contribution in [0.25, 0.3) is 17.0 Å². The number of H-pyrrole nitrogens is 1. The van der Waals surface area contributed by atoms with Crippen LogP contribution in [0.15, 0.2) is 48.2 Å². The van der Waals surface area contributed by atoms with Gasteiger partial charge in [0, 0.05) is 28.7 Å². The quantitative estimate of drug-likeness (QED) is 0.425. The van der Waals surface area contributed by atoms with Gasteiger partial charge in [0.15, 0.2) is 0 Å². The highest BCUT2D eigenvalue weighted by molar-refractivity contribution is 6.20. The SMILES string of the molecule is COc1cc(/C=C(/C#N)C(=O)c2c[nH]c3cccc(C)c23)cc(OC)c1. The second-order valence-corrected chi connectivity index (χ2v) is 5.84. The maximum absolute atomic E-state index is 12.9. The molecule has 2 aromatic carbocycles. The largest absolute Gasteiger partial charge is 0.497 e. The Kier molecular flexibility index (Phi) is 4.76. The minimum absolute atomic E-state index is 0.0458. The number of carbonyl (C=O) groups is 1. The Balaban J connectivity index is 2.07. The molecule has 3 aromatic rings. The van der Waals surface area contributed by atoms with Crippen LogP contribution >= 0.6 is 0 Å². The lowest BCUT2D eigenvalue weighted by molar-refractivity contribution is 0.104. The molecule has 1 heterocycles. The van der Waals surface area contributed by atoms with Crippen LogP contribution in [-0.4, -0.2) is 25.0 Å². The summed E-state index contributed by atoms with van der Waals surface area (Å²) in [5.41, 5.74) is 3.04. The van der Waals surface area contributed by atoms with Gasteiger partial charge < -0.3 is 14.5 Å². The Morgan fingerprint density at radius 2 is 1.85 bits per heavy atom. The van der Waals surface area contributed by atoms with Crippen LogP contribution in [0.2, 0.25) is 0 Å². The number of aromatic amines is 1. The van der Waals surface area contributed by atoms with Crippen LogP contribution in [0.4, 0.5) is 0 Å². The van der Waals surface area contributed by atoms with Gasteiger partial charge in [0.1, 0.15) is 23.1 Å².